The van der Waals surface area contributed by atoms with Crippen molar-refractivity contribution in [2.45, 2.75) is 0 Å². The second-order valence-corrected chi connectivity index (χ2v) is 8.51. The van der Waals surface area contributed by atoms with E-state index in [1.807, 2.05) is 0 Å². The predicted molar refractivity (Wildman–Crippen MR) is 61.1 cm³/mol. The van der Waals surface area contributed by atoms with Gasteiger partial charge in [-0.15, -0.1) is 0 Å². The molecule has 0 unspecified atom stereocenters. The Morgan fingerprint density at radius 1 is 1.06 bits per heavy atom. The fraction of sp³-hybridized carbons (Fsp3) is 0.111. The van der Waals surface area contributed by atoms with Crippen molar-refractivity contribution in [1.29, 1.82) is 0 Å². The highest BCUT2D eigenvalue weighted by Gasteiger charge is 2.38. The number of fused-ring (bicyclic) bond motifs is 1. The monoisotopic (exact) mass is 277 g/mol. The van der Waals surface area contributed by atoms with E-state index in [0.29, 0.717) is 0 Å². The van der Waals surface area contributed by atoms with Gasteiger partial charge < -0.3 is 0 Å². The maximum Gasteiger partial charge on any atom is 0.272 e. The van der Waals surface area contributed by atoms with E-state index in [2.05, 4.69) is 0 Å². The van der Waals surface area contributed by atoms with Crippen LogP contribution < -0.4 is 0 Å². The van der Waals surface area contributed by atoms with E-state index in [1.165, 1.54) is 12.1 Å². The molecule has 0 aromatic heterocycles. The maximum absolute atomic E-state index is 11.8. The Labute approximate surface area is 101 Å². The van der Waals surface area contributed by atoms with E-state index in [0.717, 1.165) is 4.90 Å². The Bertz CT molecular complexity index is 490. The third kappa shape index (κ3) is 2.01. The highest BCUT2D eigenvalue weighted by Crippen LogP contribution is 2.57. The molecule has 7 heteroatoms. The van der Waals surface area contributed by atoms with E-state index < -0.39 is 23.9 Å². The normalized spacial score (nSPS) is 15.5. The van der Waals surface area contributed by atoms with Gasteiger partial charge >= 0.3 is 0 Å². The lowest BCUT2D eigenvalue weighted by Gasteiger charge is -2.13. The summed E-state index contributed by atoms with van der Waals surface area (Å²) in [6.07, 6.45) is -0.456. The molecule has 1 aromatic rings. The van der Waals surface area contributed by atoms with Gasteiger partial charge in [-0.25, -0.2) is 0 Å². The molecule has 0 saturated heterocycles. The van der Waals surface area contributed by atoms with Gasteiger partial charge in [0.15, 0.2) is 0 Å². The third-order valence-corrected chi connectivity index (χ3v) is 3.44. The third-order valence-electron chi connectivity index (χ3n) is 2.18. The quantitative estimate of drug-likeness (QED) is 0.617. The number of hydrogen-bond donors (Lipinski definition) is 0. The summed E-state index contributed by atoms with van der Waals surface area (Å²) in [5.41, 5.74) is 0.573. The van der Waals surface area contributed by atoms with Crippen LogP contribution in [0.3, 0.4) is 0 Å². The van der Waals surface area contributed by atoms with Crippen LogP contribution in [0.15, 0.2) is 24.3 Å². The lowest BCUT2D eigenvalue weighted by Crippen LogP contribution is -2.29. The topological polar surface area (TPSA) is 54.5 Å². The SMILES string of the molecule is O=C1c2ccccc2C(=O)N1CP(=O)(Cl)Cl. The van der Waals surface area contributed by atoms with Crippen molar-refractivity contribution in [2.75, 3.05) is 6.29 Å². The van der Waals surface area contributed by atoms with Crippen molar-refractivity contribution >= 4 is 40.1 Å². The van der Waals surface area contributed by atoms with Crippen molar-refractivity contribution in [2.24, 2.45) is 0 Å². The van der Waals surface area contributed by atoms with Gasteiger partial charge in [-0.05, 0) is 34.6 Å². The Kier molecular flexibility index (Phi) is 2.82. The Morgan fingerprint density at radius 2 is 1.50 bits per heavy atom. The molecule has 2 amide bonds. The number of rotatable bonds is 2. The fourth-order valence-corrected chi connectivity index (χ4v) is 2.76. The summed E-state index contributed by atoms with van der Waals surface area (Å²) >= 11 is 10.7. The lowest BCUT2D eigenvalue weighted by molar-refractivity contribution is 0.0681. The molecular weight excluding hydrogens is 272 g/mol. The van der Waals surface area contributed by atoms with Gasteiger partial charge in [0.05, 0.1) is 11.1 Å². The lowest BCUT2D eigenvalue weighted by atomic mass is 10.1. The summed E-state index contributed by atoms with van der Waals surface area (Å²) in [6.45, 7) is 0. The van der Waals surface area contributed by atoms with Crippen LogP contribution in [0.1, 0.15) is 20.7 Å². The molecule has 0 saturated carbocycles. The molecule has 0 aliphatic carbocycles. The fourth-order valence-electron chi connectivity index (χ4n) is 1.53. The second kappa shape index (κ2) is 3.88. The molecule has 1 heterocycles. The molecule has 4 nitrogen and oxygen atoms in total. The van der Waals surface area contributed by atoms with Crippen LogP contribution in [0.25, 0.3) is 0 Å². The zero-order valence-electron chi connectivity index (χ0n) is 7.89. The van der Waals surface area contributed by atoms with Gasteiger partial charge in [0.2, 0.25) is 0 Å². The molecule has 0 radical (unpaired) electrons. The summed E-state index contributed by atoms with van der Waals surface area (Å²) in [6, 6.07) is 6.36. The highest BCUT2D eigenvalue weighted by molar-refractivity contribution is 8.08. The zero-order chi connectivity index (χ0) is 11.9. The molecule has 1 aromatic carbocycles. The molecule has 0 atom stereocenters. The van der Waals surface area contributed by atoms with Crippen LogP contribution in [0.2, 0.25) is 0 Å². The summed E-state index contributed by atoms with van der Waals surface area (Å²) in [7, 11) is 0. The molecule has 2 rings (SSSR count). The second-order valence-electron chi connectivity index (χ2n) is 3.30. The first-order valence-electron chi connectivity index (χ1n) is 4.34. The zero-order valence-corrected chi connectivity index (χ0v) is 10.3. The van der Waals surface area contributed by atoms with Crippen LogP contribution in [-0.4, -0.2) is 23.0 Å². The number of hydrogen-bond acceptors (Lipinski definition) is 3. The number of nitrogens with zero attached hydrogens (tertiary/aromatic N) is 1. The number of amides is 2. The average Bonchev–Trinajstić information content (AvgIpc) is 2.43. The molecule has 0 fully saturated rings. The van der Waals surface area contributed by atoms with Gasteiger partial charge in [-0.3, -0.25) is 19.1 Å². The van der Waals surface area contributed by atoms with Crippen molar-refractivity contribution in [1.82, 2.24) is 4.90 Å². The smallest absolute Gasteiger partial charge is 0.272 e. The maximum atomic E-state index is 11.8. The van der Waals surface area contributed by atoms with Gasteiger partial charge in [0, 0.05) is 0 Å². The Morgan fingerprint density at radius 3 is 1.88 bits per heavy atom. The first-order valence-corrected chi connectivity index (χ1v) is 8.04. The minimum absolute atomic E-state index is 0.286. The highest BCUT2D eigenvalue weighted by atomic mass is 35.9. The van der Waals surface area contributed by atoms with E-state index in [1.54, 1.807) is 12.1 Å². The van der Waals surface area contributed by atoms with Crippen molar-refractivity contribution < 1.29 is 14.2 Å². The molecule has 1 aliphatic heterocycles. The summed E-state index contributed by atoms with van der Waals surface area (Å²) in [5, 5.41) is 0. The molecule has 0 spiro atoms. The summed E-state index contributed by atoms with van der Waals surface area (Å²) in [4.78, 5) is 24.3. The van der Waals surface area contributed by atoms with Crippen LogP contribution in [0, 0.1) is 0 Å². The first kappa shape index (κ1) is 11.6. The summed E-state index contributed by atoms with van der Waals surface area (Å²) in [5.74, 6) is -4.51. The number of imide groups is 1. The number of carbonyl (C=O) groups is 2. The van der Waals surface area contributed by atoms with E-state index in [-0.39, 0.29) is 11.1 Å². The Hall–Kier alpha value is -0.830. The summed E-state index contributed by atoms with van der Waals surface area (Å²) < 4.78 is 11.2. The number of carbonyl (C=O) groups excluding carboxylic acids is 2. The minimum atomic E-state index is -3.49. The standard InChI is InChI=1S/C9H6Cl2NO3P/c10-16(11,15)5-12-8(13)6-3-1-2-4-7(6)9(12)14/h1-4H,5H2. The van der Waals surface area contributed by atoms with Crippen LogP contribution in [0.4, 0.5) is 0 Å². The largest absolute Gasteiger partial charge is 0.287 e. The van der Waals surface area contributed by atoms with Crippen molar-refractivity contribution in [3.63, 3.8) is 0 Å². The Balaban J connectivity index is 2.39. The molecule has 1 aliphatic rings. The van der Waals surface area contributed by atoms with Gasteiger partial charge in [0.1, 0.15) is 6.29 Å². The average molecular weight is 278 g/mol. The molecule has 0 N–H and O–H groups in total. The molecule has 0 bridgehead atoms. The van der Waals surface area contributed by atoms with Crippen LogP contribution >= 0.6 is 28.3 Å². The van der Waals surface area contributed by atoms with Crippen LogP contribution in [0.5, 0.6) is 0 Å². The van der Waals surface area contributed by atoms with Crippen molar-refractivity contribution in [3.05, 3.63) is 35.4 Å². The molecule has 16 heavy (non-hydrogen) atoms. The van der Waals surface area contributed by atoms with E-state index in [4.69, 9.17) is 22.5 Å². The number of benzene rings is 1. The number of halogens is 2. The van der Waals surface area contributed by atoms with Gasteiger partial charge in [0.25, 0.3) is 17.7 Å². The van der Waals surface area contributed by atoms with Crippen molar-refractivity contribution in [3.8, 4) is 0 Å². The van der Waals surface area contributed by atoms with Gasteiger partial charge in [-0.2, -0.15) is 0 Å². The minimum Gasteiger partial charge on any atom is -0.287 e. The molecule has 84 valence electrons. The van der Waals surface area contributed by atoms with E-state index >= 15 is 0 Å². The molecular formula is C9H6Cl2NO3P. The predicted octanol–water partition coefficient (Wildman–Crippen LogP) is 2.91. The van der Waals surface area contributed by atoms with E-state index in [9.17, 15) is 14.2 Å². The first-order chi connectivity index (χ1) is 7.40. The van der Waals surface area contributed by atoms with Crippen LogP contribution in [-0.2, 0) is 4.57 Å². The van der Waals surface area contributed by atoms with Gasteiger partial charge in [-0.1, -0.05) is 12.1 Å².